The van der Waals surface area contributed by atoms with Crippen molar-refractivity contribution in [2.24, 2.45) is 0 Å². The van der Waals surface area contributed by atoms with Crippen LogP contribution >= 0.6 is 11.6 Å². The van der Waals surface area contributed by atoms with Gasteiger partial charge in [0, 0.05) is 5.69 Å². The van der Waals surface area contributed by atoms with Crippen molar-refractivity contribution in [1.82, 2.24) is 0 Å². The first-order valence-electron chi connectivity index (χ1n) is 7.45. The van der Waals surface area contributed by atoms with Gasteiger partial charge in [0.1, 0.15) is 5.75 Å². The quantitative estimate of drug-likeness (QED) is 0.804. The number of benzene rings is 2. The summed E-state index contributed by atoms with van der Waals surface area (Å²) in [6.07, 6.45) is -0.192. The predicted molar refractivity (Wildman–Crippen MR) is 92.6 cm³/mol. The lowest BCUT2D eigenvalue weighted by Crippen LogP contribution is -2.32. The number of anilines is 1. The molecule has 0 aromatic heterocycles. The van der Waals surface area contributed by atoms with Gasteiger partial charge < -0.3 is 14.8 Å². The number of carbonyl (C=O) groups is 2. The van der Waals surface area contributed by atoms with E-state index < -0.39 is 12.1 Å². The van der Waals surface area contributed by atoms with Crippen LogP contribution in [-0.2, 0) is 9.53 Å². The molecule has 0 spiro atoms. The van der Waals surface area contributed by atoms with E-state index in [4.69, 9.17) is 16.3 Å². The van der Waals surface area contributed by atoms with Gasteiger partial charge in [0.05, 0.1) is 17.7 Å². The van der Waals surface area contributed by atoms with E-state index in [2.05, 4.69) is 10.1 Å². The lowest BCUT2D eigenvalue weighted by Gasteiger charge is -2.18. The normalized spacial score (nSPS) is 11.5. The molecule has 0 aliphatic heterocycles. The third-order valence-electron chi connectivity index (χ3n) is 3.34. The zero-order chi connectivity index (χ0) is 17.5. The topological polar surface area (TPSA) is 64.6 Å². The van der Waals surface area contributed by atoms with E-state index in [1.165, 1.54) is 7.11 Å². The largest absolute Gasteiger partial charge is 0.479 e. The van der Waals surface area contributed by atoms with Gasteiger partial charge in [0.15, 0.2) is 6.10 Å². The van der Waals surface area contributed by atoms with Crippen molar-refractivity contribution in [3.05, 3.63) is 59.1 Å². The number of amides is 1. The van der Waals surface area contributed by atoms with Gasteiger partial charge in [-0.2, -0.15) is 0 Å². The lowest BCUT2D eigenvalue weighted by molar-refractivity contribution is -0.122. The predicted octanol–water partition coefficient (Wildman–Crippen LogP) is 3.92. The molecule has 2 rings (SSSR count). The van der Waals surface area contributed by atoms with Gasteiger partial charge in [0.25, 0.3) is 5.91 Å². The first-order valence-corrected chi connectivity index (χ1v) is 7.83. The minimum atomic E-state index is -0.676. The molecule has 0 saturated heterocycles. The number of esters is 1. The maximum absolute atomic E-state index is 12.4. The Morgan fingerprint density at radius 3 is 2.38 bits per heavy atom. The lowest BCUT2D eigenvalue weighted by atomic mass is 10.2. The van der Waals surface area contributed by atoms with Crippen LogP contribution in [0.15, 0.2) is 48.5 Å². The van der Waals surface area contributed by atoms with E-state index >= 15 is 0 Å². The summed E-state index contributed by atoms with van der Waals surface area (Å²) >= 11 is 6.05. The number of ether oxygens (including phenoxy) is 2. The van der Waals surface area contributed by atoms with E-state index in [0.717, 1.165) is 0 Å². The SMILES string of the molecule is CC[C@H](Oc1ccccc1Cl)C(=O)Nc1ccc(C(=O)OC)cc1. The van der Waals surface area contributed by atoms with Crippen LogP contribution < -0.4 is 10.1 Å². The fraction of sp³-hybridized carbons (Fsp3) is 0.222. The Morgan fingerprint density at radius 2 is 1.79 bits per heavy atom. The Hall–Kier alpha value is -2.53. The summed E-state index contributed by atoms with van der Waals surface area (Å²) < 4.78 is 10.3. The number of nitrogens with one attached hydrogen (secondary N) is 1. The van der Waals surface area contributed by atoms with Gasteiger partial charge >= 0.3 is 5.97 Å². The monoisotopic (exact) mass is 347 g/mol. The highest BCUT2D eigenvalue weighted by Gasteiger charge is 2.19. The van der Waals surface area contributed by atoms with Crippen molar-refractivity contribution in [3.8, 4) is 5.75 Å². The molecule has 0 aliphatic carbocycles. The first kappa shape index (κ1) is 17.8. The second-order valence-corrected chi connectivity index (χ2v) is 5.41. The second kappa shape index (κ2) is 8.36. The van der Waals surface area contributed by atoms with Crippen LogP contribution in [-0.4, -0.2) is 25.1 Å². The number of para-hydroxylation sites is 1. The maximum Gasteiger partial charge on any atom is 0.337 e. The van der Waals surface area contributed by atoms with Gasteiger partial charge in [-0.15, -0.1) is 0 Å². The minimum Gasteiger partial charge on any atom is -0.479 e. The summed E-state index contributed by atoms with van der Waals surface area (Å²) in [6, 6.07) is 13.4. The molecule has 0 saturated carbocycles. The standard InChI is InChI=1S/C18H18ClNO4/c1-3-15(24-16-7-5-4-6-14(16)19)17(21)20-13-10-8-12(9-11-13)18(22)23-2/h4-11,15H,3H2,1-2H3,(H,20,21)/t15-/m0/s1. The van der Waals surface area contributed by atoms with Crippen LogP contribution in [0.2, 0.25) is 5.02 Å². The van der Waals surface area contributed by atoms with Crippen LogP contribution in [0.25, 0.3) is 0 Å². The fourth-order valence-corrected chi connectivity index (χ4v) is 2.23. The number of halogens is 1. The van der Waals surface area contributed by atoms with E-state index in [1.54, 1.807) is 48.5 Å². The molecule has 5 nitrogen and oxygen atoms in total. The molecule has 1 atom stereocenters. The fourth-order valence-electron chi connectivity index (χ4n) is 2.05. The molecule has 24 heavy (non-hydrogen) atoms. The zero-order valence-corrected chi connectivity index (χ0v) is 14.2. The van der Waals surface area contributed by atoms with E-state index in [1.807, 2.05) is 6.92 Å². The van der Waals surface area contributed by atoms with Crippen molar-refractivity contribution in [2.75, 3.05) is 12.4 Å². The van der Waals surface area contributed by atoms with Crippen LogP contribution in [0.5, 0.6) is 5.75 Å². The van der Waals surface area contributed by atoms with Crippen molar-refractivity contribution in [3.63, 3.8) is 0 Å². The summed E-state index contributed by atoms with van der Waals surface area (Å²) in [7, 11) is 1.32. The molecule has 1 amide bonds. The summed E-state index contributed by atoms with van der Waals surface area (Å²) in [5, 5.41) is 3.21. The zero-order valence-electron chi connectivity index (χ0n) is 13.4. The van der Waals surface area contributed by atoms with Crippen LogP contribution in [0.4, 0.5) is 5.69 Å². The Morgan fingerprint density at radius 1 is 1.12 bits per heavy atom. The average molecular weight is 348 g/mol. The first-order chi connectivity index (χ1) is 11.5. The average Bonchev–Trinajstić information content (AvgIpc) is 2.61. The molecule has 2 aromatic carbocycles. The Bertz CT molecular complexity index is 715. The van der Waals surface area contributed by atoms with Crippen molar-refractivity contribution < 1.29 is 19.1 Å². The van der Waals surface area contributed by atoms with E-state index in [9.17, 15) is 9.59 Å². The van der Waals surface area contributed by atoms with Crippen LogP contribution in [0.3, 0.4) is 0 Å². The van der Waals surface area contributed by atoms with Gasteiger partial charge in [-0.25, -0.2) is 4.79 Å². The molecule has 0 radical (unpaired) electrons. The highest BCUT2D eigenvalue weighted by atomic mass is 35.5. The number of rotatable bonds is 6. The van der Waals surface area contributed by atoms with Crippen molar-refractivity contribution >= 4 is 29.2 Å². The highest BCUT2D eigenvalue weighted by Crippen LogP contribution is 2.25. The van der Waals surface area contributed by atoms with E-state index in [0.29, 0.717) is 28.4 Å². The van der Waals surface area contributed by atoms with Crippen LogP contribution in [0.1, 0.15) is 23.7 Å². The molecular formula is C18H18ClNO4. The molecule has 1 N–H and O–H groups in total. The number of methoxy groups -OCH3 is 1. The maximum atomic E-state index is 12.4. The van der Waals surface area contributed by atoms with Gasteiger partial charge in [0.2, 0.25) is 0 Å². The summed E-state index contributed by atoms with van der Waals surface area (Å²) in [5.74, 6) is -0.258. The second-order valence-electron chi connectivity index (χ2n) is 5.00. The Balaban J connectivity index is 2.04. The van der Waals surface area contributed by atoms with Gasteiger partial charge in [-0.3, -0.25) is 4.79 Å². The van der Waals surface area contributed by atoms with E-state index in [-0.39, 0.29) is 5.91 Å². The van der Waals surface area contributed by atoms with Gasteiger partial charge in [-0.1, -0.05) is 30.7 Å². The van der Waals surface area contributed by atoms with Crippen molar-refractivity contribution in [1.29, 1.82) is 0 Å². The highest BCUT2D eigenvalue weighted by molar-refractivity contribution is 6.32. The molecule has 2 aromatic rings. The third-order valence-corrected chi connectivity index (χ3v) is 3.65. The Labute approximate surface area is 145 Å². The molecule has 0 unspecified atom stereocenters. The molecule has 0 aliphatic rings. The molecule has 0 bridgehead atoms. The van der Waals surface area contributed by atoms with Crippen LogP contribution in [0, 0.1) is 0 Å². The molecule has 6 heteroatoms. The summed E-state index contributed by atoms with van der Waals surface area (Å²) in [4.78, 5) is 23.8. The smallest absolute Gasteiger partial charge is 0.337 e. The molecule has 126 valence electrons. The third kappa shape index (κ3) is 4.49. The minimum absolute atomic E-state index is 0.289. The number of hydrogen-bond acceptors (Lipinski definition) is 4. The molecular weight excluding hydrogens is 330 g/mol. The Kier molecular flexibility index (Phi) is 6.21. The van der Waals surface area contributed by atoms with Crippen molar-refractivity contribution in [2.45, 2.75) is 19.4 Å². The summed E-state index contributed by atoms with van der Waals surface area (Å²) in [5.41, 5.74) is 0.976. The van der Waals surface area contributed by atoms with Gasteiger partial charge in [-0.05, 0) is 42.8 Å². The number of carbonyl (C=O) groups excluding carboxylic acids is 2. The number of hydrogen-bond donors (Lipinski definition) is 1. The molecule has 0 fully saturated rings. The molecule has 0 heterocycles. The summed E-state index contributed by atoms with van der Waals surface area (Å²) in [6.45, 7) is 1.85.